The van der Waals surface area contributed by atoms with Crippen LogP contribution in [0.4, 0.5) is 0 Å². The van der Waals surface area contributed by atoms with E-state index in [0.717, 1.165) is 5.56 Å². The van der Waals surface area contributed by atoms with Gasteiger partial charge in [0.1, 0.15) is 10.3 Å². The molecule has 1 saturated carbocycles. The van der Waals surface area contributed by atoms with Crippen molar-refractivity contribution in [3.05, 3.63) is 28.0 Å². The molecular weight excluding hydrogens is 219 g/mol. The Morgan fingerprint density at radius 1 is 1.36 bits per heavy atom. The van der Waals surface area contributed by atoms with E-state index >= 15 is 0 Å². The van der Waals surface area contributed by atoms with E-state index in [2.05, 4.69) is 17.2 Å². The SMILES string of the molecule is C[C@H](NC1CC1)c1cc(Cl)nc(Cl)c1. The molecule has 0 radical (unpaired) electrons. The van der Waals surface area contributed by atoms with Crippen LogP contribution < -0.4 is 5.32 Å². The third-order valence-corrected chi connectivity index (χ3v) is 2.74. The second-order valence-electron chi connectivity index (χ2n) is 3.71. The Labute approximate surface area is 93.6 Å². The standard InChI is InChI=1S/C10H12Cl2N2/c1-6(13-8-2-3-8)7-4-9(11)14-10(12)5-7/h4-6,8,13H,2-3H2,1H3/t6-/m0/s1. The lowest BCUT2D eigenvalue weighted by atomic mass is 10.1. The van der Waals surface area contributed by atoms with Crippen molar-refractivity contribution < 1.29 is 0 Å². The zero-order valence-corrected chi connectivity index (χ0v) is 9.44. The molecule has 1 heterocycles. The summed E-state index contributed by atoms with van der Waals surface area (Å²) in [5, 5.41) is 4.39. The number of halogens is 2. The Hall–Kier alpha value is -0.310. The Morgan fingerprint density at radius 3 is 2.43 bits per heavy atom. The Kier molecular flexibility index (Phi) is 2.96. The summed E-state index contributed by atoms with van der Waals surface area (Å²) in [4.78, 5) is 3.91. The molecule has 1 aromatic heterocycles. The van der Waals surface area contributed by atoms with Crippen molar-refractivity contribution in [1.82, 2.24) is 10.3 Å². The Balaban J connectivity index is 2.12. The first-order valence-electron chi connectivity index (χ1n) is 4.74. The van der Waals surface area contributed by atoms with Crippen LogP contribution in [0.25, 0.3) is 0 Å². The lowest BCUT2D eigenvalue weighted by Gasteiger charge is -2.13. The van der Waals surface area contributed by atoms with Crippen molar-refractivity contribution in [1.29, 1.82) is 0 Å². The molecule has 0 aromatic carbocycles. The fourth-order valence-electron chi connectivity index (χ4n) is 1.43. The molecule has 0 spiro atoms. The first kappa shape index (κ1) is 10.2. The molecule has 1 fully saturated rings. The maximum Gasteiger partial charge on any atom is 0.131 e. The van der Waals surface area contributed by atoms with Gasteiger partial charge in [0.15, 0.2) is 0 Å². The third kappa shape index (κ3) is 2.59. The number of pyridine rings is 1. The highest BCUT2D eigenvalue weighted by atomic mass is 35.5. The highest BCUT2D eigenvalue weighted by Crippen LogP contribution is 2.25. The van der Waals surface area contributed by atoms with Gasteiger partial charge < -0.3 is 5.32 Å². The molecule has 0 amide bonds. The minimum atomic E-state index is 0.292. The first-order chi connectivity index (χ1) is 6.65. The van der Waals surface area contributed by atoms with Gasteiger partial charge in [0, 0.05) is 12.1 Å². The lowest BCUT2D eigenvalue weighted by molar-refractivity contribution is 0.570. The largest absolute Gasteiger partial charge is 0.307 e. The summed E-state index contributed by atoms with van der Waals surface area (Å²) in [7, 11) is 0. The van der Waals surface area contributed by atoms with Crippen molar-refractivity contribution in [2.24, 2.45) is 0 Å². The van der Waals surface area contributed by atoms with E-state index in [0.29, 0.717) is 22.4 Å². The predicted octanol–water partition coefficient (Wildman–Crippen LogP) is 3.20. The molecule has 1 N–H and O–H groups in total. The van der Waals surface area contributed by atoms with Crippen molar-refractivity contribution in [3.8, 4) is 0 Å². The summed E-state index contributed by atoms with van der Waals surface area (Å²) in [5.74, 6) is 0. The third-order valence-electron chi connectivity index (χ3n) is 2.35. The maximum atomic E-state index is 5.82. The summed E-state index contributed by atoms with van der Waals surface area (Å²) in [5.41, 5.74) is 1.10. The van der Waals surface area contributed by atoms with Gasteiger partial charge in [-0.2, -0.15) is 0 Å². The quantitative estimate of drug-likeness (QED) is 0.808. The summed E-state index contributed by atoms with van der Waals surface area (Å²) in [6, 6.07) is 4.68. The minimum absolute atomic E-state index is 0.292. The lowest BCUT2D eigenvalue weighted by Crippen LogP contribution is -2.20. The predicted molar refractivity (Wildman–Crippen MR) is 58.8 cm³/mol. The molecule has 14 heavy (non-hydrogen) atoms. The number of hydrogen-bond acceptors (Lipinski definition) is 2. The van der Waals surface area contributed by atoms with Crippen LogP contribution in [0, 0.1) is 0 Å². The zero-order chi connectivity index (χ0) is 10.1. The van der Waals surface area contributed by atoms with Gasteiger partial charge in [-0.25, -0.2) is 4.98 Å². The molecule has 2 rings (SSSR count). The molecule has 0 aliphatic heterocycles. The van der Waals surface area contributed by atoms with Gasteiger partial charge in [0.05, 0.1) is 0 Å². The van der Waals surface area contributed by atoms with Gasteiger partial charge in [-0.3, -0.25) is 0 Å². The maximum absolute atomic E-state index is 5.82. The van der Waals surface area contributed by atoms with Crippen LogP contribution in [-0.4, -0.2) is 11.0 Å². The van der Waals surface area contributed by atoms with Gasteiger partial charge in [-0.1, -0.05) is 23.2 Å². The molecule has 0 saturated heterocycles. The summed E-state index contributed by atoms with van der Waals surface area (Å²) >= 11 is 11.6. The van der Waals surface area contributed by atoms with Gasteiger partial charge in [0.2, 0.25) is 0 Å². The summed E-state index contributed by atoms with van der Waals surface area (Å²) in [6.07, 6.45) is 2.55. The molecule has 0 bridgehead atoms. The molecular formula is C10H12Cl2N2. The number of rotatable bonds is 3. The normalized spacial score (nSPS) is 18.2. The van der Waals surface area contributed by atoms with E-state index in [4.69, 9.17) is 23.2 Å². The smallest absolute Gasteiger partial charge is 0.131 e. The zero-order valence-electron chi connectivity index (χ0n) is 7.93. The fourth-order valence-corrected chi connectivity index (χ4v) is 1.91. The molecule has 2 nitrogen and oxygen atoms in total. The average Bonchev–Trinajstić information content (AvgIpc) is 2.86. The minimum Gasteiger partial charge on any atom is -0.307 e. The second kappa shape index (κ2) is 4.05. The van der Waals surface area contributed by atoms with Crippen molar-refractivity contribution in [3.63, 3.8) is 0 Å². The van der Waals surface area contributed by atoms with Gasteiger partial charge in [0.25, 0.3) is 0 Å². The van der Waals surface area contributed by atoms with E-state index < -0.39 is 0 Å². The summed E-state index contributed by atoms with van der Waals surface area (Å²) < 4.78 is 0. The van der Waals surface area contributed by atoms with E-state index in [9.17, 15) is 0 Å². The highest BCUT2D eigenvalue weighted by molar-refractivity contribution is 6.32. The van der Waals surface area contributed by atoms with Crippen molar-refractivity contribution in [2.45, 2.75) is 31.8 Å². The number of hydrogen-bond donors (Lipinski definition) is 1. The topological polar surface area (TPSA) is 24.9 Å². The monoisotopic (exact) mass is 230 g/mol. The van der Waals surface area contributed by atoms with Crippen LogP contribution in [0.15, 0.2) is 12.1 Å². The highest BCUT2D eigenvalue weighted by Gasteiger charge is 2.23. The van der Waals surface area contributed by atoms with E-state index in [1.54, 1.807) is 0 Å². The second-order valence-corrected chi connectivity index (χ2v) is 4.48. The Bertz CT molecular complexity index is 317. The molecule has 4 heteroatoms. The van der Waals surface area contributed by atoms with Crippen LogP contribution in [-0.2, 0) is 0 Å². The van der Waals surface area contributed by atoms with Crippen LogP contribution in [0.3, 0.4) is 0 Å². The van der Waals surface area contributed by atoms with Crippen LogP contribution in [0.1, 0.15) is 31.4 Å². The number of aromatic nitrogens is 1. The van der Waals surface area contributed by atoms with E-state index in [1.165, 1.54) is 12.8 Å². The van der Waals surface area contributed by atoms with E-state index in [-0.39, 0.29) is 0 Å². The molecule has 1 aliphatic rings. The number of nitrogens with zero attached hydrogens (tertiary/aromatic N) is 1. The molecule has 1 atom stereocenters. The fraction of sp³-hybridized carbons (Fsp3) is 0.500. The van der Waals surface area contributed by atoms with Gasteiger partial charge in [-0.05, 0) is 37.5 Å². The molecule has 1 aromatic rings. The van der Waals surface area contributed by atoms with Gasteiger partial charge >= 0.3 is 0 Å². The molecule has 0 unspecified atom stereocenters. The Morgan fingerprint density at radius 2 is 1.93 bits per heavy atom. The number of nitrogens with one attached hydrogen (secondary N) is 1. The van der Waals surface area contributed by atoms with Crippen molar-refractivity contribution >= 4 is 23.2 Å². The van der Waals surface area contributed by atoms with E-state index in [1.807, 2.05) is 12.1 Å². The summed E-state index contributed by atoms with van der Waals surface area (Å²) in [6.45, 7) is 2.11. The van der Waals surface area contributed by atoms with Crippen LogP contribution >= 0.6 is 23.2 Å². The molecule has 76 valence electrons. The van der Waals surface area contributed by atoms with Crippen LogP contribution in [0.5, 0.6) is 0 Å². The van der Waals surface area contributed by atoms with Crippen molar-refractivity contribution in [2.75, 3.05) is 0 Å². The first-order valence-corrected chi connectivity index (χ1v) is 5.50. The van der Waals surface area contributed by atoms with Gasteiger partial charge in [-0.15, -0.1) is 0 Å². The van der Waals surface area contributed by atoms with Crippen LogP contribution in [0.2, 0.25) is 10.3 Å². The average molecular weight is 231 g/mol. The molecule has 1 aliphatic carbocycles.